The van der Waals surface area contributed by atoms with Crippen LogP contribution in [0.3, 0.4) is 0 Å². The number of β-lactam (4-membered cyclic amide) rings is 1. The van der Waals surface area contributed by atoms with Crippen molar-refractivity contribution < 1.29 is 29.2 Å². The number of rotatable bonds is 11. The second-order valence-electron chi connectivity index (χ2n) is 8.51. The number of nitro benzene ring substituents is 1. The minimum Gasteiger partial charge on any atom is -0.460 e. The van der Waals surface area contributed by atoms with E-state index in [9.17, 15) is 29.6 Å². The van der Waals surface area contributed by atoms with Crippen molar-refractivity contribution in [3.63, 3.8) is 0 Å². The number of benzene rings is 3. The average Bonchev–Trinajstić information content (AvgIpc) is 2.93. The molecule has 1 unspecified atom stereocenters. The largest absolute Gasteiger partial charge is 0.460 e. The fourth-order valence-corrected chi connectivity index (χ4v) is 5.38. The molecule has 1 fully saturated rings. The summed E-state index contributed by atoms with van der Waals surface area (Å²) in [5.41, 5.74) is 1.91. The number of hydrogen-bond donors (Lipinski definition) is 2. The molecule has 1 aliphatic rings. The molecule has 1 heterocycles. The molecule has 1 aliphatic heterocycles. The molecule has 196 valence electrons. The third-order valence-electron chi connectivity index (χ3n) is 5.94. The van der Waals surface area contributed by atoms with Gasteiger partial charge in [-0.2, -0.15) is 0 Å². The summed E-state index contributed by atoms with van der Waals surface area (Å²) in [4.78, 5) is 50.0. The van der Waals surface area contributed by atoms with Gasteiger partial charge in [-0.3, -0.25) is 24.5 Å². The van der Waals surface area contributed by atoms with E-state index in [0.717, 1.165) is 17.3 Å². The highest BCUT2D eigenvalue weighted by Crippen LogP contribution is 2.40. The lowest BCUT2D eigenvalue weighted by molar-refractivity contribution is -0.384. The van der Waals surface area contributed by atoms with E-state index in [1.54, 1.807) is 42.5 Å². The van der Waals surface area contributed by atoms with Crippen molar-refractivity contribution in [1.82, 2.24) is 10.2 Å². The van der Waals surface area contributed by atoms with E-state index in [1.165, 1.54) is 29.2 Å². The third kappa shape index (κ3) is 6.36. The van der Waals surface area contributed by atoms with Crippen LogP contribution in [0.1, 0.15) is 21.9 Å². The number of hydrogen-bond acceptors (Lipinski definition) is 8. The van der Waals surface area contributed by atoms with Gasteiger partial charge in [-0.1, -0.05) is 60.7 Å². The number of ether oxygens (including phenoxy) is 1. The SMILES string of the molecule is O=C(Cc1ccccc1)N[C@@H]1C(=O)N(CO)[C@@H]1SC(C(=O)OCc1ccc([N+](=O)[O-])cc1)c1ccccc1. The normalized spacial score (nSPS) is 17.3. The number of aliphatic hydroxyl groups excluding tert-OH is 1. The molecule has 0 spiro atoms. The molecule has 3 atom stereocenters. The van der Waals surface area contributed by atoms with Crippen molar-refractivity contribution >= 4 is 35.2 Å². The Morgan fingerprint density at radius 2 is 1.63 bits per heavy atom. The van der Waals surface area contributed by atoms with Gasteiger partial charge in [0.25, 0.3) is 11.6 Å². The maximum atomic E-state index is 13.2. The van der Waals surface area contributed by atoms with E-state index >= 15 is 0 Å². The van der Waals surface area contributed by atoms with Gasteiger partial charge in [0.2, 0.25) is 5.91 Å². The van der Waals surface area contributed by atoms with E-state index in [-0.39, 0.29) is 24.6 Å². The minimum atomic E-state index is -0.919. The van der Waals surface area contributed by atoms with Gasteiger partial charge in [-0.15, -0.1) is 11.8 Å². The number of carbonyl (C=O) groups is 3. The fraction of sp³-hybridized carbons (Fsp3) is 0.222. The van der Waals surface area contributed by atoms with Gasteiger partial charge in [0, 0.05) is 12.1 Å². The Kier molecular flexibility index (Phi) is 8.72. The number of thioether (sulfide) groups is 1. The van der Waals surface area contributed by atoms with E-state index in [2.05, 4.69) is 5.32 Å². The monoisotopic (exact) mass is 535 g/mol. The summed E-state index contributed by atoms with van der Waals surface area (Å²) in [6.07, 6.45) is 0.0839. The quantitative estimate of drug-likeness (QED) is 0.165. The lowest BCUT2D eigenvalue weighted by Gasteiger charge is -2.46. The molecule has 1 saturated heterocycles. The van der Waals surface area contributed by atoms with Gasteiger partial charge < -0.3 is 20.1 Å². The average molecular weight is 536 g/mol. The number of carbonyl (C=O) groups excluding carboxylic acids is 3. The minimum absolute atomic E-state index is 0.0723. The van der Waals surface area contributed by atoms with E-state index in [1.807, 2.05) is 18.2 Å². The van der Waals surface area contributed by atoms with Crippen LogP contribution in [-0.2, 0) is 32.1 Å². The van der Waals surface area contributed by atoms with Gasteiger partial charge in [-0.05, 0) is 28.8 Å². The number of aliphatic hydroxyl groups is 1. The summed E-state index contributed by atoms with van der Waals surface area (Å²) in [5.74, 6) is -1.39. The maximum absolute atomic E-state index is 13.2. The zero-order valence-electron chi connectivity index (χ0n) is 20.1. The predicted molar refractivity (Wildman–Crippen MR) is 139 cm³/mol. The molecule has 4 rings (SSSR count). The zero-order chi connectivity index (χ0) is 27.1. The van der Waals surface area contributed by atoms with Crippen LogP contribution in [0.4, 0.5) is 5.69 Å². The summed E-state index contributed by atoms with van der Waals surface area (Å²) in [6.45, 7) is -0.674. The molecular formula is C27H25N3O7S. The van der Waals surface area contributed by atoms with Crippen molar-refractivity contribution in [2.24, 2.45) is 0 Å². The number of non-ortho nitro benzene ring substituents is 1. The van der Waals surface area contributed by atoms with Crippen LogP contribution in [0.2, 0.25) is 0 Å². The van der Waals surface area contributed by atoms with Crippen molar-refractivity contribution in [2.75, 3.05) is 6.73 Å². The molecule has 0 aromatic heterocycles. The van der Waals surface area contributed by atoms with Crippen LogP contribution in [0.5, 0.6) is 0 Å². The Morgan fingerprint density at radius 1 is 1.00 bits per heavy atom. The Balaban J connectivity index is 1.46. The second-order valence-corrected chi connectivity index (χ2v) is 9.73. The van der Waals surface area contributed by atoms with Gasteiger partial charge in [0.1, 0.15) is 30.0 Å². The number of esters is 1. The van der Waals surface area contributed by atoms with Crippen LogP contribution < -0.4 is 5.32 Å². The molecule has 3 aromatic rings. The van der Waals surface area contributed by atoms with E-state index in [0.29, 0.717) is 11.1 Å². The molecule has 0 aliphatic carbocycles. The number of nitro groups is 1. The Hall–Kier alpha value is -4.22. The first-order valence-corrected chi connectivity index (χ1v) is 12.7. The number of likely N-dealkylation sites (tertiary alicyclic amines) is 1. The van der Waals surface area contributed by atoms with Gasteiger partial charge in [-0.25, -0.2) is 0 Å². The number of nitrogens with one attached hydrogen (secondary N) is 1. The standard InChI is InChI=1S/C27H25N3O7S/c31-17-29-25(33)23(28-22(32)15-18-7-3-1-4-8-18)26(29)38-24(20-9-5-2-6-10-20)27(34)37-16-19-11-13-21(14-12-19)30(35)36/h1-14,23-24,26,31H,15-17H2,(H,28,32)/t23-,24?,26-/m1/s1. The van der Waals surface area contributed by atoms with Crippen molar-refractivity contribution in [3.8, 4) is 0 Å². The lowest BCUT2D eigenvalue weighted by atomic mass is 10.1. The summed E-state index contributed by atoms with van der Waals surface area (Å²) < 4.78 is 5.52. The lowest BCUT2D eigenvalue weighted by Crippen LogP contribution is -2.69. The molecule has 0 saturated carbocycles. The summed E-state index contributed by atoms with van der Waals surface area (Å²) in [7, 11) is 0. The molecule has 0 bridgehead atoms. The maximum Gasteiger partial charge on any atom is 0.324 e. The molecule has 38 heavy (non-hydrogen) atoms. The molecule has 3 aromatic carbocycles. The van der Waals surface area contributed by atoms with Crippen molar-refractivity contribution in [3.05, 3.63) is 112 Å². The molecule has 2 N–H and O–H groups in total. The van der Waals surface area contributed by atoms with Crippen LogP contribution in [0, 0.1) is 10.1 Å². The first kappa shape index (κ1) is 26.8. The van der Waals surface area contributed by atoms with Crippen molar-refractivity contribution in [2.45, 2.75) is 29.7 Å². The topological polar surface area (TPSA) is 139 Å². The van der Waals surface area contributed by atoms with Crippen LogP contribution in [0.25, 0.3) is 0 Å². The smallest absolute Gasteiger partial charge is 0.324 e. The molecule has 10 nitrogen and oxygen atoms in total. The predicted octanol–water partition coefficient (Wildman–Crippen LogP) is 2.96. The zero-order valence-corrected chi connectivity index (χ0v) is 21.0. The van der Waals surface area contributed by atoms with E-state index in [4.69, 9.17) is 4.74 Å². The Labute approximate surface area is 222 Å². The first-order valence-electron chi connectivity index (χ1n) is 11.7. The number of amides is 2. The molecular weight excluding hydrogens is 510 g/mol. The number of nitrogens with zero attached hydrogens (tertiary/aromatic N) is 2. The summed E-state index contributed by atoms with van der Waals surface area (Å²) in [6, 6.07) is 22.7. The fourth-order valence-electron chi connectivity index (χ4n) is 3.95. The van der Waals surface area contributed by atoms with E-state index < -0.39 is 40.2 Å². The Morgan fingerprint density at radius 3 is 2.24 bits per heavy atom. The highest BCUT2D eigenvalue weighted by atomic mass is 32.2. The summed E-state index contributed by atoms with van der Waals surface area (Å²) in [5, 5.41) is 21.8. The molecule has 11 heteroatoms. The highest BCUT2D eigenvalue weighted by molar-refractivity contribution is 8.00. The Bertz CT molecular complexity index is 1290. The van der Waals surface area contributed by atoms with Crippen molar-refractivity contribution in [1.29, 1.82) is 0 Å². The van der Waals surface area contributed by atoms with Crippen LogP contribution in [-0.4, -0.2) is 50.9 Å². The molecule has 2 amide bonds. The molecule has 0 radical (unpaired) electrons. The van der Waals surface area contributed by atoms with Gasteiger partial charge >= 0.3 is 5.97 Å². The second kappa shape index (κ2) is 12.3. The summed E-state index contributed by atoms with van der Waals surface area (Å²) >= 11 is 1.09. The third-order valence-corrected chi connectivity index (χ3v) is 7.48. The highest BCUT2D eigenvalue weighted by Gasteiger charge is 2.50. The van der Waals surface area contributed by atoms with Crippen LogP contribution >= 0.6 is 11.8 Å². The van der Waals surface area contributed by atoms with Gasteiger partial charge in [0.15, 0.2) is 0 Å². The first-order chi connectivity index (χ1) is 18.4. The van der Waals surface area contributed by atoms with Gasteiger partial charge in [0.05, 0.1) is 11.3 Å². The van der Waals surface area contributed by atoms with Crippen LogP contribution in [0.15, 0.2) is 84.9 Å².